The van der Waals surface area contributed by atoms with Gasteiger partial charge in [-0.15, -0.1) is 0 Å². The van der Waals surface area contributed by atoms with Crippen LogP contribution in [0.2, 0.25) is 0 Å². The number of aliphatic hydroxyl groups excluding tert-OH is 1. The highest BCUT2D eigenvalue weighted by molar-refractivity contribution is 5.92. The number of hydrogen-bond donors (Lipinski definition) is 2. The molecule has 2 N–H and O–H groups in total. The molecule has 5 heterocycles. The van der Waals surface area contributed by atoms with Gasteiger partial charge in [-0.05, 0) is 54.6 Å². The summed E-state index contributed by atoms with van der Waals surface area (Å²) in [5.41, 5.74) is 3.22. The van der Waals surface area contributed by atoms with Gasteiger partial charge in [-0.3, -0.25) is 14.4 Å². The van der Waals surface area contributed by atoms with Crippen LogP contribution < -0.4 is 15.0 Å². The number of ether oxygens (including phenoxy) is 2. The fraction of sp³-hybridized carbons (Fsp3) is 0.400. The van der Waals surface area contributed by atoms with E-state index < -0.39 is 12.3 Å². The second kappa shape index (κ2) is 14.6. The SMILES string of the molecule is N#Cc1cc(-c2nccc(Nc3ccc(N4CCN(C5COC5)CC4)cc3)n2)ccc1O[C@H]1CCN(C(=O)c2ccnn2CCO)C[C@H]1F. The van der Waals surface area contributed by atoms with Crippen LogP contribution in [-0.4, -0.2) is 118 Å². The number of alkyl halides is 1. The molecule has 7 rings (SSSR count). The minimum absolute atomic E-state index is 0.155. The number of nitrogens with zero attached hydrogens (tertiary/aromatic N) is 8. The number of halogens is 1. The first-order valence-corrected chi connectivity index (χ1v) is 16.5. The van der Waals surface area contributed by atoms with Crippen LogP contribution in [0.1, 0.15) is 22.5 Å². The van der Waals surface area contributed by atoms with E-state index in [9.17, 15) is 15.2 Å². The van der Waals surface area contributed by atoms with Crippen LogP contribution in [0.3, 0.4) is 0 Å². The number of anilines is 3. The van der Waals surface area contributed by atoms with Gasteiger partial charge < -0.3 is 29.7 Å². The summed E-state index contributed by atoms with van der Waals surface area (Å²) in [6, 6.07) is 19.4. The Bertz CT molecular complexity index is 1800. The van der Waals surface area contributed by atoms with Gasteiger partial charge in [-0.25, -0.2) is 14.4 Å². The lowest BCUT2D eigenvalue weighted by molar-refractivity contribution is -0.0660. The second-order valence-corrected chi connectivity index (χ2v) is 12.3. The van der Waals surface area contributed by atoms with Crippen molar-refractivity contribution in [2.75, 3.05) is 69.3 Å². The summed E-state index contributed by atoms with van der Waals surface area (Å²) in [5.74, 6) is 0.934. The molecule has 2 aromatic heterocycles. The number of aliphatic hydroxyl groups is 1. The maximum Gasteiger partial charge on any atom is 0.272 e. The summed E-state index contributed by atoms with van der Waals surface area (Å²) in [5, 5.41) is 26.5. The van der Waals surface area contributed by atoms with Gasteiger partial charge in [0.1, 0.15) is 29.4 Å². The van der Waals surface area contributed by atoms with Gasteiger partial charge in [0.25, 0.3) is 5.91 Å². The van der Waals surface area contributed by atoms with Crippen molar-refractivity contribution in [3.63, 3.8) is 0 Å². The molecular weight excluding hydrogens is 629 g/mol. The predicted octanol–water partition coefficient (Wildman–Crippen LogP) is 3.10. The average molecular weight is 668 g/mol. The lowest BCUT2D eigenvalue weighted by Gasteiger charge is -2.43. The van der Waals surface area contributed by atoms with Gasteiger partial charge in [0.05, 0.1) is 44.5 Å². The Hall–Kier alpha value is -5.10. The molecule has 3 aliphatic heterocycles. The first kappa shape index (κ1) is 32.4. The molecule has 3 fully saturated rings. The molecular formula is C35H38FN9O4. The molecule has 3 aliphatic rings. The number of nitriles is 1. The predicted molar refractivity (Wildman–Crippen MR) is 179 cm³/mol. The van der Waals surface area contributed by atoms with E-state index in [1.54, 1.807) is 36.5 Å². The van der Waals surface area contributed by atoms with Gasteiger partial charge in [0.2, 0.25) is 0 Å². The number of amides is 1. The number of rotatable bonds is 10. The molecule has 0 bridgehead atoms. The Morgan fingerprint density at radius 2 is 1.88 bits per heavy atom. The third-order valence-electron chi connectivity index (χ3n) is 9.26. The lowest BCUT2D eigenvalue weighted by atomic mass is 10.0. The first-order chi connectivity index (χ1) is 24.0. The van der Waals surface area contributed by atoms with Crippen molar-refractivity contribution in [2.24, 2.45) is 0 Å². The highest BCUT2D eigenvalue weighted by atomic mass is 19.1. The van der Waals surface area contributed by atoms with Crippen molar-refractivity contribution in [3.05, 3.63) is 78.2 Å². The fourth-order valence-electron chi connectivity index (χ4n) is 6.42. The topological polar surface area (TPSA) is 145 Å². The average Bonchev–Trinajstić information content (AvgIpc) is 3.57. The normalized spacial score (nSPS) is 20.0. The van der Waals surface area contributed by atoms with Crippen LogP contribution in [0.15, 0.2) is 67.0 Å². The van der Waals surface area contributed by atoms with Crippen molar-refractivity contribution in [2.45, 2.75) is 31.3 Å². The number of nitrogens with one attached hydrogen (secondary N) is 1. The van der Waals surface area contributed by atoms with Gasteiger partial charge >= 0.3 is 0 Å². The molecule has 0 aliphatic carbocycles. The Kier molecular flexibility index (Phi) is 9.65. The Morgan fingerprint density at radius 3 is 2.59 bits per heavy atom. The molecule has 0 radical (unpaired) electrons. The molecule has 13 nitrogen and oxygen atoms in total. The zero-order chi connectivity index (χ0) is 33.7. The molecule has 0 saturated carbocycles. The maximum absolute atomic E-state index is 15.3. The number of aromatic nitrogens is 4. The quantitative estimate of drug-likeness (QED) is 0.257. The standard InChI is InChI=1S/C35H38FN9O4/c36-29-21-44(35(47)30-7-11-39-45(30)17-18-46)12-9-32(29)49-31-6-1-24(19-25(31)20-37)34-38-10-8-33(41-34)40-26-2-4-27(5-3-26)42-13-15-43(16-14-42)28-22-48-23-28/h1-8,10-11,19,28-29,32,46H,9,12-18,21-23H2,(H,38,40,41)/t29-,32+/m1/s1. The smallest absolute Gasteiger partial charge is 0.272 e. The Balaban J connectivity index is 0.959. The van der Waals surface area contributed by atoms with E-state index in [1.165, 1.54) is 21.5 Å². The minimum Gasteiger partial charge on any atom is -0.486 e. The molecule has 4 aromatic rings. The van der Waals surface area contributed by atoms with Crippen molar-refractivity contribution in [1.29, 1.82) is 5.26 Å². The van der Waals surface area contributed by atoms with E-state index in [0.717, 1.165) is 45.1 Å². The molecule has 49 heavy (non-hydrogen) atoms. The van der Waals surface area contributed by atoms with Gasteiger partial charge in [0.15, 0.2) is 12.0 Å². The summed E-state index contributed by atoms with van der Waals surface area (Å²) in [6.07, 6.45) is 1.09. The van der Waals surface area contributed by atoms with E-state index in [2.05, 4.69) is 48.4 Å². The molecule has 1 amide bonds. The summed E-state index contributed by atoms with van der Waals surface area (Å²) in [7, 11) is 0. The molecule has 2 atom stereocenters. The Labute approximate surface area is 283 Å². The van der Waals surface area contributed by atoms with Crippen molar-refractivity contribution in [1.82, 2.24) is 29.5 Å². The molecule has 2 aromatic carbocycles. The highest BCUT2D eigenvalue weighted by Gasteiger charge is 2.35. The van der Waals surface area contributed by atoms with E-state index in [1.807, 2.05) is 12.1 Å². The number of carbonyl (C=O) groups excluding carboxylic acids is 1. The highest BCUT2D eigenvalue weighted by Crippen LogP contribution is 2.29. The van der Waals surface area contributed by atoms with Crippen LogP contribution >= 0.6 is 0 Å². The molecule has 14 heteroatoms. The second-order valence-electron chi connectivity index (χ2n) is 12.3. The number of likely N-dealkylation sites (tertiary alicyclic amines) is 1. The number of piperazine rings is 1. The maximum atomic E-state index is 15.3. The zero-order valence-electron chi connectivity index (χ0n) is 27.0. The molecule has 0 unspecified atom stereocenters. The lowest BCUT2D eigenvalue weighted by Crippen LogP contribution is -2.56. The third-order valence-corrected chi connectivity index (χ3v) is 9.26. The summed E-state index contributed by atoms with van der Waals surface area (Å²) >= 11 is 0. The number of carbonyl (C=O) groups is 1. The number of hydrogen-bond acceptors (Lipinski definition) is 11. The number of piperidine rings is 1. The van der Waals surface area contributed by atoms with Crippen LogP contribution in [0, 0.1) is 11.3 Å². The van der Waals surface area contributed by atoms with Crippen molar-refractivity contribution >= 4 is 23.1 Å². The molecule has 3 saturated heterocycles. The zero-order valence-corrected chi connectivity index (χ0v) is 27.0. The van der Waals surface area contributed by atoms with Gasteiger partial charge in [-0.1, -0.05) is 0 Å². The first-order valence-electron chi connectivity index (χ1n) is 16.5. The van der Waals surface area contributed by atoms with Crippen molar-refractivity contribution < 1.29 is 23.8 Å². The van der Waals surface area contributed by atoms with Crippen LogP contribution in [-0.2, 0) is 11.3 Å². The van der Waals surface area contributed by atoms with Crippen LogP contribution in [0.4, 0.5) is 21.6 Å². The third kappa shape index (κ3) is 7.19. The van der Waals surface area contributed by atoms with E-state index in [4.69, 9.17) is 9.47 Å². The van der Waals surface area contributed by atoms with Gasteiger partial charge in [-0.2, -0.15) is 10.4 Å². The summed E-state index contributed by atoms with van der Waals surface area (Å²) in [4.78, 5) is 28.4. The largest absolute Gasteiger partial charge is 0.486 e. The molecule has 0 spiro atoms. The number of benzene rings is 2. The molecule has 254 valence electrons. The van der Waals surface area contributed by atoms with E-state index in [0.29, 0.717) is 28.9 Å². The van der Waals surface area contributed by atoms with Crippen LogP contribution in [0.5, 0.6) is 5.75 Å². The van der Waals surface area contributed by atoms with Gasteiger partial charge in [0, 0.05) is 68.5 Å². The minimum atomic E-state index is -1.46. The summed E-state index contributed by atoms with van der Waals surface area (Å²) < 4.78 is 28.1. The van der Waals surface area contributed by atoms with E-state index >= 15 is 4.39 Å². The fourth-order valence-corrected chi connectivity index (χ4v) is 6.42. The monoisotopic (exact) mass is 667 g/mol. The van der Waals surface area contributed by atoms with Crippen LogP contribution in [0.25, 0.3) is 11.4 Å². The van der Waals surface area contributed by atoms with Crippen molar-refractivity contribution in [3.8, 4) is 23.2 Å². The van der Waals surface area contributed by atoms with E-state index in [-0.39, 0.29) is 49.9 Å². The Morgan fingerprint density at radius 1 is 1.06 bits per heavy atom. The summed E-state index contributed by atoms with van der Waals surface area (Å²) in [6.45, 7) is 5.88.